The zero-order valence-corrected chi connectivity index (χ0v) is 11.2. The molecular weight excluding hydrogens is 237 g/mol. The van der Waals surface area contributed by atoms with Gasteiger partial charge in [0.2, 0.25) is 0 Å². The summed E-state index contributed by atoms with van der Waals surface area (Å²) < 4.78 is 19.3. The van der Waals surface area contributed by atoms with E-state index in [1.807, 2.05) is 6.92 Å². The zero-order valence-electron chi connectivity index (χ0n) is 10.4. The minimum atomic E-state index is -0.438. The lowest BCUT2D eigenvalue weighted by molar-refractivity contribution is 0.192. The van der Waals surface area contributed by atoms with Crippen LogP contribution in [0.1, 0.15) is 32.8 Å². The number of hydrogen-bond donors (Lipinski definition) is 1. The van der Waals surface area contributed by atoms with Crippen LogP contribution in [0.5, 0.6) is 5.75 Å². The Morgan fingerprint density at radius 2 is 2.06 bits per heavy atom. The maximum atomic E-state index is 13.6. The molecule has 1 aromatic rings. The molecule has 0 spiro atoms. The summed E-state index contributed by atoms with van der Waals surface area (Å²) in [5.41, 5.74) is 5.70. The Bertz CT molecular complexity index is 406. The van der Waals surface area contributed by atoms with Crippen molar-refractivity contribution in [2.45, 2.75) is 33.3 Å². The van der Waals surface area contributed by atoms with E-state index in [9.17, 15) is 4.39 Å². The first-order valence-corrected chi connectivity index (χ1v) is 6.07. The highest BCUT2D eigenvalue weighted by Crippen LogP contribution is 2.23. The number of thiocarbonyl (C=S) groups is 1. The van der Waals surface area contributed by atoms with Gasteiger partial charge >= 0.3 is 0 Å². The zero-order chi connectivity index (χ0) is 13.0. The Labute approximate surface area is 107 Å². The smallest absolute Gasteiger partial charge is 0.137 e. The van der Waals surface area contributed by atoms with Crippen molar-refractivity contribution in [2.75, 3.05) is 0 Å². The van der Waals surface area contributed by atoms with Gasteiger partial charge in [0.15, 0.2) is 0 Å². The first-order chi connectivity index (χ1) is 7.91. The molecule has 17 heavy (non-hydrogen) atoms. The Morgan fingerprint density at radius 3 is 2.59 bits per heavy atom. The number of nitrogens with two attached hydrogens (primary N) is 1. The summed E-state index contributed by atoms with van der Waals surface area (Å²) in [6.07, 6.45) is 0.901. The summed E-state index contributed by atoms with van der Waals surface area (Å²) in [6, 6.07) is 4.61. The molecule has 0 amide bonds. The molecule has 4 heteroatoms. The molecule has 1 atom stereocenters. The van der Waals surface area contributed by atoms with Crippen LogP contribution < -0.4 is 10.5 Å². The molecule has 0 bridgehead atoms. The molecular formula is C13H18FNOS. The van der Waals surface area contributed by atoms with Crippen molar-refractivity contribution in [3.63, 3.8) is 0 Å². The third-order valence-electron chi connectivity index (χ3n) is 2.35. The molecule has 0 saturated heterocycles. The van der Waals surface area contributed by atoms with Crippen LogP contribution in [0.2, 0.25) is 0 Å². The van der Waals surface area contributed by atoms with Gasteiger partial charge < -0.3 is 10.5 Å². The molecule has 2 N–H and O–H groups in total. The Hall–Kier alpha value is -1.16. The number of halogens is 1. The first kappa shape index (κ1) is 13.9. The summed E-state index contributed by atoms with van der Waals surface area (Å²) in [5, 5.41) is 0. The third-order valence-corrected chi connectivity index (χ3v) is 2.56. The lowest BCUT2D eigenvalue weighted by atomic mass is 10.1. The van der Waals surface area contributed by atoms with E-state index in [0.29, 0.717) is 11.7 Å². The molecule has 2 nitrogen and oxygen atoms in total. The SMILES string of the molecule is CC(C)CC(C)Oc1cccc(F)c1C(N)=S. The second kappa shape index (κ2) is 5.96. The summed E-state index contributed by atoms with van der Waals surface area (Å²) in [6.45, 7) is 6.17. The predicted octanol–water partition coefficient (Wildman–Crippen LogP) is 3.27. The third kappa shape index (κ3) is 3.97. The van der Waals surface area contributed by atoms with Gasteiger partial charge in [-0.15, -0.1) is 0 Å². The van der Waals surface area contributed by atoms with Crippen molar-refractivity contribution in [1.82, 2.24) is 0 Å². The summed E-state index contributed by atoms with van der Waals surface area (Å²) >= 11 is 4.84. The molecule has 0 aromatic heterocycles. The Kier molecular flexibility index (Phi) is 4.87. The van der Waals surface area contributed by atoms with E-state index in [1.165, 1.54) is 6.07 Å². The minimum Gasteiger partial charge on any atom is -0.490 e. The van der Waals surface area contributed by atoms with Crippen LogP contribution in [0.15, 0.2) is 18.2 Å². The molecule has 0 aliphatic carbocycles. The standard InChI is InChI=1S/C13H18FNOS/c1-8(2)7-9(3)16-11-6-4-5-10(14)12(11)13(15)17/h4-6,8-9H,7H2,1-3H3,(H2,15,17). The maximum absolute atomic E-state index is 13.6. The molecule has 1 aromatic carbocycles. The van der Waals surface area contributed by atoms with Crippen molar-refractivity contribution in [1.29, 1.82) is 0 Å². The molecule has 0 radical (unpaired) electrons. The number of benzene rings is 1. The van der Waals surface area contributed by atoms with Crippen LogP contribution in [0.3, 0.4) is 0 Å². The van der Waals surface area contributed by atoms with Crippen LogP contribution in [0.4, 0.5) is 4.39 Å². The van der Waals surface area contributed by atoms with Gasteiger partial charge in [-0.2, -0.15) is 0 Å². The summed E-state index contributed by atoms with van der Waals surface area (Å²) in [4.78, 5) is 0.0230. The van der Waals surface area contributed by atoms with Crippen LogP contribution in [0.25, 0.3) is 0 Å². The maximum Gasteiger partial charge on any atom is 0.137 e. The molecule has 1 rings (SSSR count). The van der Waals surface area contributed by atoms with E-state index >= 15 is 0 Å². The highest BCUT2D eigenvalue weighted by atomic mass is 32.1. The van der Waals surface area contributed by atoms with E-state index in [-0.39, 0.29) is 16.7 Å². The molecule has 0 saturated carbocycles. The van der Waals surface area contributed by atoms with Gasteiger partial charge in [-0.25, -0.2) is 4.39 Å². The summed E-state index contributed by atoms with van der Waals surface area (Å²) in [7, 11) is 0. The topological polar surface area (TPSA) is 35.2 Å². The van der Waals surface area contributed by atoms with Crippen LogP contribution >= 0.6 is 12.2 Å². The largest absolute Gasteiger partial charge is 0.490 e. The van der Waals surface area contributed by atoms with E-state index in [1.54, 1.807) is 12.1 Å². The molecule has 94 valence electrons. The molecule has 1 unspecified atom stereocenters. The fourth-order valence-corrected chi connectivity index (χ4v) is 1.97. The van der Waals surface area contributed by atoms with Gasteiger partial charge in [0, 0.05) is 0 Å². The van der Waals surface area contributed by atoms with Gasteiger partial charge in [-0.3, -0.25) is 0 Å². The van der Waals surface area contributed by atoms with E-state index in [0.717, 1.165) is 6.42 Å². The number of rotatable bonds is 5. The van der Waals surface area contributed by atoms with Gasteiger partial charge in [0.05, 0.1) is 11.7 Å². The van der Waals surface area contributed by atoms with Crippen molar-refractivity contribution >= 4 is 17.2 Å². The Morgan fingerprint density at radius 1 is 1.41 bits per heavy atom. The lowest BCUT2D eigenvalue weighted by Gasteiger charge is -2.18. The van der Waals surface area contributed by atoms with Crippen molar-refractivity contribution in [2.24, 2.45) is 11.7 Å². The van der Waals surface area contributed by atoms with Crippen molar-refractivity contribution in [3.05, 3.63) is 29.6 Å². The molecule has 0 heterocycles. The average Bonchev–Trinajstić information content (AvgIpc) is 2.15. The predicted molar refractivity (Wildman–Crippen MR) is 71.8 cm³/mol. The molecule has 0 aliphatic heterocycles. The first-order valence-electron chi connectivity index (χ1n) is 5.66. The van der Waals surface area contributed by atoms with Gasteiger partial charge in [-0.1, -0.05) is 32.1 Å². The van der Waals surface area contributed by atoms with Crippen LogP contribution in [-0.2, 0) is 0 Å². The number of ether oxygens (including phenoxy) is 1. The highest BCUT2D eigenvalue weighted by molar-refractivity contribution is 7.80. The van der Waals surface area contributed by atoms with Crippen molar-refractivity contribution < 1.29 is 9.13 Å². The second-order valence-electron chi connectivity index (χ2n) is 4.54. The monoisotopic (exact) mass is 255 g/mol. The normalized spacial score (nSPS) is 12.5. The van der Waals surface area contributed by atoms with Gasteiger partial charge in [0.1, 0.15) is 16.6 Å². The quantitative estimate of drug-likeness (QED) is 0.820. The van der Waals surface area contributed by atoms with E-state index in [4.69, 9.17) is 22.7 Å². The molecule has 0 fully saturated rings. The summed E-state index contributed by atoms with van der Waals surface area (Å²) in [5.74, 6) is 0.504. The van der Waals surface area contributed by atoms with Crippen LogP contribution in [-0.4, -0.2) is 11.1 Å². The van der Waals surface area contributed by atoms with Gasteiger partial charge in [-0.05, 0) is 31.4 Å². The fraction of sp³-hybridized carbons (Fsp3) is 0.462. The van der Waals surface area contributed by atoms with E-state index < -0.39 is 5.82 Å². The lowest BCUT2D eigenvalue weighted by Crippen LogP contribution is -2.19. The Balaban J connectivity index is 2.91. The fourth-order valence-electron chi connectivity index (χ4n) is 1.77. The van der Waals surface area contributed by atoms with Crippen molar-refractivity contribution in [3.8, 4) is 5.75 Å². The second-order valence-corrected chi connectivity index (χ2v) is 4.98. The average molecular weight is 255 g/mol. The van der Waals surface area contributed by atoms with Crippen LogP contribution in [0, 0.1) is 11.7 Å². The minimum absolute atomic E-state index is 0.00454. The highest BCUT2D eigenvalue weighted by Gasteiger charge is 2.15. The van der Waals surface area contributed by atoms with E-state index in [2.05, 4.69) is 13.8 Å². The van der Waals surface area contributed by atoms with Gasteiger partial charge in [0.25, 0.3) is 0 Å². The molecule has 0 aliphatic rings. The number of hydrogen-bond acceptors (Lipinski definition) is 2.